The number of nitrogens with one attached hydrogen (secondary N) is 1. The predicted octanol–water partition coefficient (Wildman–Crippen LogP) is 1.47. The molecule has 6 heteroatoms. The summed E-state index contributed by atoms with van der Waals surface area (Å²) in [5.41, 5.74) is 6.39. The Balaban J connectivity index is 2.13. The lowest BCUT2D eigenvalue weighted by molar-refractivity contribution is 0.453. The van der Waals surface area contributed by atoms with Crippen molar-refractivity contribution in [2.24, 2.45) is 7.05 Å². The topological polar surface area (TPSA) is 81.9 Å². The average Bonchev–Trinajstić information content (AvgIpc) is 2.74. The van der Waals surface area contributed by atoms with Crippen LogP contribution in [0.4, 0.5) is 11.5 Å². The molecular weight excluding hydrogens is 206 g/mol. The van der Waals surface area contributed by atoms with Crippen molar-refractivity contribution < 1.29 is 4.42 Å². The Kier molecular flexibility index (Phi) is 2.55. The molecule has 2 rings (SSSR count). The van der Waals surface area contributed by atoms with Crippen molar-refractivity contribution >= 4 is 11.5 Å². The minimum Gasteiger partial charge on any atom is -0.444 e. The van der Waals surface area contributed by atoms with Crippen LogP contribution in [0, 0.1) is 6.92 Å². The van der Waals surface area contributed by atoms with Gasteiger partial charge in [0.15, 0.2) is 5.82 Å². The number of anilines is 2. The van der Waals surface area contributed by atoms with Crippen LogP contribution in [-0.2, 0) is 7.05 Å². The highest BCUT2D eigenvalue weighted by atomic mass is 16.4. The van der Waals surface area contributed by atoms with Crippen LogP contribution in [0.2, 0.25) is 0 Å². The predicted molar refractivity (Wildman–Crippen MR) is 60.9 cm³/mol. The molecule has 0 aliphatic carbocycles. The lowest BCUT2D eigenvalue weighted by atomic mass is 10.3. The van der Waals surface area contributed by atoms with Gasteiger partial charge in [-0.15, -0.1) is 0 Å². The fourth-order valence-electron chi connectivity index (χ4n) is 1.46. The Morgan fingerprint density at radius 2 is 2.31 bits per heavy atom. The first kappa shape index (κ1) is 10.5. The zero-order valence-corrected chi connectivity index (χ0v) is 9.56. The summed E-state index contributed by atoms with van der Waals surface area (Å²) in [5.74, 6) is 2.06. The van der Waals surface area contributed by atoms with Crippen LogP contribution in [0.1, 0.15) is 24.6 Å². The van der Waals surface area contributed by atoms with Crippen LogP contribution in [0.5, 0.6) is 0 Å². The van der Waals surface area contributed by atoms with Gasteiger partial charge in [-0.05, 0) is 13.8 Å². The quantitative estimate of drug-likeness (QED) is 0.820. The van der Waals surface area contributed by atoms with Gasteiger partial charge >= 0.3 is 0 Å². The molecule has 0 aromatic carbocycles. The summed E-state index contributed by atoms with van der Waals surface area (Å²) in [6, 6.07) is -0.0640. The monoisotopic (exact) mass is 221 g/mol. The highest BCUT2D eigenvalue weighted by Gasteiger charge is 2.14. The van der Waals surface area contributed by atoms with E-state index in [-0.39, 0.29) is 6.04 Å². The molecule has 1 atom stereocenters. The molecule has 0 radical (unpaired) electrons. The van der Waals surface area contributed by atoms with Crippen LogP contribution < -0.4 is 11.1 Å². The van der Waals surface area contributed by atoms with Crippen molar-refractivity contribution in [1.29, 1.82) is 0 Å². The molecule has 0 spiro atoms. The second-order valence-corrected chi connectivity index (χ2v) is 3.78. The number of aromatic nitrogens is 3. The molecule has 2 aromatic rings. The van der Waals surface area contributed by atoms with Gasteiger partial charge in [-0.2, -0.15) is 5.10 Å². The number of rotatable bonds is 3. The Bertz CT molecular complexity index is 487. The zero-order valence-electron chi connectivity index (χ0n) is 9.56. The highest BCUT2D eigenvalue weighted by Crippen LogP contribution is 2.21. The molecule has 0 fully saturated rings. The summed E-state index contributed by atoms with van der Waals surface area (Å²) in [4.78, 5) is 4.14. The third kappa shape index (κ3) is 2.00. The van der Waals surface area contributed by atoms with Gasteiger partial charge in [0.1, 0.15) is 11.8 Å². The van der Waals surface area contributed by atoms with Gasteiger partial charge in [-0.25, -0.2) is 4.98 Å². The molecule has 0 aliphatic heterocycles. The number of nitrogen functional groups attached to an aromatic ring is 1. The molecule has 0 bridgehead atoms. The maximum Gasteiger partial charge on any atom is 0.216 e. The molecule has 1 unspecified atom stereocenters. The van der Waals surface area contributed by atoms with Crippen LogP contribution in [0.3, 0.4) is 0 Å². The summed E-state index contributed by atoms with van der Waals surface area (Å²) in [7, 11) is 1.82. The molecular formula is C10H15N5O. The molecule has 2 heterocycles. The normalized spacial score (nSPS) is 12.7. The first-order valence-corrected chi connectivity index (χ1v) is 5.04. The number of aryl methyl sites for hydroxylation is 2. The number of oxazole rings is 1. The van der Waals surface area contributed by atoms with Gasteiger partial charge in [0.2, 0.25) is 5.89 Å². The highest BCUT2D eigenvalue weighted by molar-refractivity contribution is 5.60. The molecule has 0 saturated heterocycles. The van der Waals surface area contributed by atoms with Gasteiger partial charge in [-0.3, -0.25) is 4.68 Å². The fourth-order valence-corrected chi connectivity index (χ4v) is 1.46. The summed E-state index contributed by atoms with van der Waals surface area (Å²) in [6.45, 7) is 3.80. The second-order valence-electron chi connectivity index (χ2n) is 3.78. The minimum absolute atomic E-state index is 0.0640. The molecule has 86 valence electrons. The van der Waals surface area contributed by atoms with E-state index in [0.29, 0.717) is 17.4 Å². The number of nitrogens with two attached hydrogens (primary N) is 1. The Morgan fingerprint density at radius 3 is 2.81 bits per heavy atom. The van der Waals surface area contributed by atoms with Gasteiger partial charge in [0, 0.05) is 13.2 Å². The van der Waals surface area contributed by atoms with E-state index in [1.54, 1.807) is 17.1 Å². The van der Waals surface area contributed by atoms with Gasteiger partial charge < -0.3 is 15.5 Å². The average molecular weight is 221 g/mol. The Morgan fingerprint density at radius 1 is 1.56 bits per heavy atom. The van der Waals surface area contributed by atoms with Crippen LogP contribution >= 0.6 is 0 Å². The Hall–Kier alpha value is -1.98. The van der Waals surface area contributed by atoms with Crippen molar-refractivity contribution in [1.82, 2.24) is 14.8 Å². The lowest BCUT2D eigenvalue weighted by Crippen LogP contribution is -2.08. The second kappa shape index (κ2) is 3.88. The van der Waals surface area contributed by atoms with E-state index in [0.717, 1.165) is 5.76 Å². The first-order valence-electron chi connectivity index (χ1n) is 5.04. The van der Waals surface area contributed by atoms with Gasteiger partial charge in [0.25, 0.3) is 0 Å². The molecule has 16 heavy (non-hydrogen) atoms. The molecule has 3 N–H and O–H groups in total. The van der Waals surface area contributed by atoms with Crippen molar-refractivity contribution in [3.05, 3.63) is 24.0 Å². The van der Waals surface area contributed by atoms with Gasteiger partial charge in [-0.1, -0.05) is 0 Å². The first-order chi connectivity index (χ1) is 7.56. The standard InChI is InChI=1S/C10H15N5O/c1-6-4-12-10(16-6)7(2)13-9-8(11)5-15(3)14-9/h4-5,7H,11H2,1-3H3,(H,13,14). The zero-order chi connectivity index (χ0) is 11.7. The Labute approximate surface area is 93.5 Å². The number of hydrogen-bond donors (Lipinski definition) is 2. The third-order valence-electron chi connectivity index (χ3n) is 2.22. The van der Waals surface area contributed by atoms with Crippen LogP contribution in [-0.4, -0.2) is 14.8 Å². The number of nitrogens with zero attached hydrogens (tertiary/aromatic N) is 3. The molecule has 0 aliphatic rings. The molecule has 2 aromatic heterocycles. The van der Waals surface area contributed by atoms with E-state index in [4.69, 9.17) is 10.2 Å². The molecule has 6 nitrogen and oxygen atoms in total. The summed E-state index contributed by atoms with van der Waals surface area (Å²) < 4.78 is 7.07. The van der Waals surface area contributed by atoms with E-state index < -0.39 is 0 Å². The third-order valence-corrected chi connectivity index (χ3v) is 2.22. The summed E-state index contributed by atoms with van der Waals surface area (Å²) in [5, 5.41) is 7.34. The summed E-state index contributed by atoms with van der Waals surface area (Å²) in [6.07, 6.45) is 3.44. The molecule has 0 saturated carbocycles. The summed E-state index contributed by atoms with van der Waals surface area (Å²) >= 11 is 0. The maximum atomic E-state index is 5.78. The number of hydrogen-bond acceptors (Lipinski definition) is 5. The maximum absolute atomic E-state index is 5.78. The minimum atomic E-state index is -0.0640. The lowest BCUT2D eigenvalue weighted by Gasteiger charge is -2.09. The van der Waals surface area contributed by atoms with Crippen LogP contribution in [0.15, 0.2) is 16.8 Å². The van der Waals surface area contributed by atoms with Crippen molar-refractivity contribution in [3.8, 4) is 0 Å². The van der Waals surface area contributed by atoms with Crippen LogP contribution in [0.25, 0.3) is 0 Å². The van der Waals surface area contributed by atoms with E-state index in [1.807, 2.05) is 20.9 Å². The SMILES string of the molecule is Cc1cnc(C(C)Nc2nn(C)cc2N)o1. The molecule has 0 amide bonds. The van der Waals surface area contributed by atoms with E-state index in [9.17, 15) is 0 Å². The van der Waals surface area contributed by atoms with Gasteiger partial charge in [0.05, 0.1) is 11.9 Å². The van der Waals surface area contributed by atoms with Crippen molar-refractivity contribution in [2.45, 2.75) is 19.9 Å². The van der Waals surface area contributed by atoms with E-state index in [2.05, 4.69) is 15.4 Å². The van der Waals surface area contributed by atoms with E-state index >= 15 is 0 Å². The van der Waals surface area contributed by atoms with E-state index in [1.165, 1.54) is 0 Å². The fraction of sp³-hybridized carbons (Fsp3) is 0.400. The largest absolute Gasteiger partial charge is 0.444 e. The smallest absolute Gasteiger partial charge is 0.216 e. The van der Waals surface area contributed by atoms with Crippen molar-refractivity contribution in [2.75, 3.05) is 11.1 Å². The van der Waals surface area contributed by atoms with Crippen molar-refractivity contribution in [3.63, 3.8) is 0 Å².